The van der Waals surface area contributed by atoms with E-state index in [9.17, 15) is 9.18 Å². The van der Waals surface area contributed by atoms with Crippen molar-refractivity contribution in [3.63, 3.8) is 0 Å². The van der Waals surface area contributed by atoms with Gasteiger partial charge in [-0.2, -0.15) is 0 Å². The summed E-state index contributed by atoms with van der Waals surface area (Å²) in [5, 5.41) is 6.33. The number of aryl methyl sites for hydroxylation is 1. The normalized spacial score (nSPS) is 17.1. The lowest BCUT2D eigenvalue weighted by Gasteiger charge is -2.20. The number of benzene rings is 1. The van der Waals surface area contributed by atoms with Crippen LogP contribution in [-0.2, 0) is 11.8 Å². The predicted molar refractivity (Wildman–Crippen MR) is 104 cm³/mol. The number of hydrogen-bond acceptors (Lipinski definition) is 3. The van der Waals surface area contributed by atoms with E-state index in [1.165, 1.54) is 12.1 Å². The summed E-state index contributed by atoms with van der Waals surface area (Å²) in [7, 11) is 1.87. The highest BCUT2D eigenvalue weighted by Crippen LogP contribution is 2.22. The Balaban J connectivity index is 0.00000169. The van der Waals surface area contributed by atoms with Crippen molar-refractivity contribution in [1.29, 1.82) is 0 Å². The van der Waals surface area contributed by atoms with Gasteiger partial charge in [0.1, 0.15) is 17.7 Å². The van der Waals surface area contributed by atoms with Crippen LogP contribution in [0.3, 0.4) is 0 Å². The lowest BCUT2D eigenvalue weighted by Crippen LogP contribution is -2.31. The molecule has 1 fully saturated rings. The number of nitrogens with zero attached hydrogens (tertiary/aromatic N) is 2. The van der Waals surface area contributed by atoms with Crippen molar-refractivity contribution in [2.24, 2.45) is 13.0 Å². The summed E-state index contributed by atoms with van der Waals surface area (Å²) >= 11 is 0. The minimum Gasteiger partial charge on any atom is -0.342 e. The van der Waals surface area contributed by atoms with Crippen molar-refractivity contribution in [3.8, 4) is 0 Å². The molecule has 144 valence electrons. The van der Waals surface area contributed by atoms with Crippen LogP contribution in [0.15, 0.2) is 36.7 Å². The van der Waals surface area contributed by atoms with Gasteiger partial charge in [0.05, 0.1) is 0 Å². The summed E-state index contributed by atoms with van der Waals surface area (Å²) in [5.41, 5.74) is 0.695. The molecule has 0 aliphatic carbocycles. The number of aromatic nitrogens is 2. The van der Waals surface area contributed by atoms with E-state index in [4.69, 9.17) is 0 Å². The molecule has 2 heterocycles. The molecule has 1 amide bonds. The molecule has 2 unspecified atom stereocenters. The smallest absolute Gasteiger partial charge is 0.220 e. The van der Waals surface area contributed by atoms with Crippen LogP contribution in [0.2, 0.25) is 0 Å². The molecule has 1 aromatic heterocycles. The molecule has 0 saturated carbocycles. The topological polar surface area (TPSA) is 59.0 Å². The first-order chi connectivity index (χ1) is 11.6. The maximum absolute atomic E-state index is 13.6. The highest BCUT2D eigenvalue weighted by Gasteiger charge is 2.22. The quantitative estimate of drug-likeness (QED) is 0.780. The standard InChI is InChI=1S/C18H23FN4O.2ClH/c1-23-10-9-21-18(23)17(14-3-2-4-15(19)11-14)22-16(24)6-5-13-7-8-20-12-13;;/h2-4,9-11,13,17,20H,5-8,12H2,1H3,(H,22,24);2*1H. The number of carbonyl (C=O) groups is 1. The van der Waals surface area contributed by atoms with Crippen LogP contribution >= 0.6 is 24.8 Å². The van der Waals surface area contributed by atoms with Gasteiger partial charge >= 0.3 is 0 Å². The van der Waals surface area contributed by atoms with E-state index in [-0.39, 0.29) is 36.5 Å². The largest absolute Gasteiger partial charge is 0.342 e. The van der Waals surface area contributed by atoms with Gasteiger partial charge in [-0.05, 0) is 49.5 Å². The lowest BCUT2D eigenvalue weighted by atomic mass is 10.0. The first kappa shape index (κ1) is 22.4. The monoisotopic (exact) mass is 402 g/mol. The molecule has 2 atom stereocenters. The molecule has 0 radical (unpaired) electrons. The van der Waals surface area contributed by atoms with E-state index in [1.54, 1.807) is 12.3 Å². The molecule has 2 aromatic rings. The van der Waals surface area contributed by atoms with Gasteiger partial charge in [0, 0.05) is 25.9 Å². The fourth-order valence-electron chi connectivity index (χ4n) is 3.17. The third-order valence-corrected chi connectivity index (χ3v) is 4.55. The predicted octanol–water partition coefficient (Wildman–Crippen LogP) is 3.00. The van der Waals surface area contributed by atoms with E-state index < -0.39 is 6.04 Å². The average Bonchev–Trinajstić information content (AvgIpc) is 3.22. The summed E-state index contributed by atoms with van der Waals surface area (Å²) in [4.78, 5) is 16.7. The Morgan fingerprint density at radius 3 is 2.88 bits per heavy atom. The Hall–Kier alpha value is -1.63. The first-order valence-electron chi connectivity index (χ1n) is 8.36. The van der Waals surface area contributed by atoms with E-state index >= 15 is 0 Å². The van der Waals surface area contributed by atoms with Gasteiger partial charge in [-0.25, -0.2) is 9.37 Å². The van der Waals surface area contributed by atoms with Gasteiger partial charge in [-0.3, -0.25) is 4.79 Å². The number of imidazole rings is 1. The van der Waals surface area contributed by atoms with Crippen LogP contribution in [0, 0.1) is 11.7 Å². The van der Waals surface area contributed by atoms with Crippen molar-refractivity contribution in [2.45, 2.75) is 25.3 Å². The second-order valence-corrected chi connectivity index (χ2v) is 6.35. The average molecular weight is 403 g/mol. The highest BCUT2D eigenvalue weighted by atomic mass is 35.5. The van der Waals surface area contributed by atoms with Crippen LogP contribution in [0.5, 0.6) is 0 Å². The summed E-state index contributed by atoms with van der Waals surface area (Å²) < 4.78 is 15.5. The van der Waals surface area contributed by atoms with Gasteiger partial charge in [0.15, 0.2) is 0 Å². The first-order valence-corrected chi connectivity index (χ1v) is 8.36. The number of halogens is 3. The van der Waals surface area contributed by atoms with Gasteiger partial charge in [0.25, 0.3) is 0 Å². The minimum atomic E-state index is -0.449. The van der Waals surface area contributed by atoms with E-state index in [2.05, 4.69) is 15.6 Å². The molecule has 1 saturated heterocycles. The number of amides is 1. The van der Waals surface area contributed by atoms with Crippen LogP contribution in [0.1, 0.15) is 36.7 Å². The summed E-state index contributed by atoms with van der Waals surface area (Å²) in [6, 6.07) is 5.85. The maximum Gasteiger partial charge on any atom is 0.220 e. The molecule has 3 rings (SSSR count). The van der Waals surface area contributed by atoms with Crippen molar-refractivity contribution < 1.29 is 9.18 Å². The molecule has 1 aliphatic heterocycles. The highest BCUT2D eigenvalue weighted by molar-refractivity contribution is 5.85. The summed E-state index contributed by atoms with van der Waals surface area (Å²) in [6.45, 7) is 2.02. The molecule has 5 nitrogen and oxygen atoms in total. The Morgan fingerprint density at radius 1 is 1.46 bits per heavy atom. The second kappa shape index (κ2) is 10.5. The third-order valence-electron chi connectivity index (χ3n) is 4.55. The fourth-order valence-corrected chi connectivity index (χ4v) is 3.17. The van der Waals surface area contributed by atoms with Crippen LogP contribution in [0.25, 0.3) is 0 Å². The molecule has 8 heteroatoms. The van der Waals surface area contributed by atoms with Crippen molar-refractivity contribution in [3.05, 3.63) is 53.9 Å². The zero-order valence-electron chi connectivity index (χ0n) is 14.7. The molecule has 2 N–H and O–H groups in total. The number of carbonyl (C=O) groups excluding carboxylic acids is 1. The molecular formula is C18H25Cl2FN4O. The van der Waals surface area contributed by atoms with Crippen molar-refractivity contribution in [1.82, 2.24) is 20.2 Å². The van der Waals surface area contributed by atoms with Crippen LogP contribution < -0.4 is 10.6 Å². The molecule has 0 bridgehead atoms. The summed E-state index contributed by atoms with van der Waals surface area (Å²) in [5.74, 6) is 0.908. The van der Waals surface area contributed by atoms with Gasteiger partial charge in [0.2, 0.25) is 5.91 Å². The van der Waals surface area contributed by atoms with Crippen LogP contribution in [0.4, 0.5) is 4.39 Å². The van der Waals surface area contributed by atoms with Gasteiger partial charge < -0.3 is 15.2 Å². The second-order valence-electron chi connectivity index (χ2n) is 6.35. The number of rotatable bonds is 6. The van der Waals surface area contributed by atoms with Crippen molar-refractivity contribution in [2.75, 3.05) is 13.1 Å². The molecular weight excluding hydrogens is 378 g/mol. The maximum atomic E-state index is 13.6. The van der Waals surface area contributed by atoms with Gasteiger partial charge in [-0.1, -0.05) is 12.1 Å². The molecule has 0 spiro atoms. The minimum absolute atomic E-state index is 0. The zero-order valence-corrected chi connectivity index (χ0v) is 16.3. The van der Waals surface area contributed by atoms with E-state index in [1.807, 2.05) is 23.9 Å². The van der Waals surface area contributed by atoms with E-state index in [0.717, 1.165) is 25.9 Å². The molecule has 1 aliphatic rings. The van der Waals surface area contributed by atoms with Crippen molar-refractivity contribution >= 4 is 30.7 Å². The fraction of sp³-hybridized carbons (Fsp3) is 0.444. The Morgan fingerprint density at radius 2 is 2.27 bits per heavy atom. The third kappa shape index (κ3) is 5.69. The Bertz CT molecular complexity index is 704. The Kier molecular flexibility index (Phi) is 9.05. The van der Waals surface area contributed by atoms with E-state index in [0.29, 0.717) is 23.7 Å². The molecule has 1 aromatic carbocycles. The number of nitrogens with one attached hydrogen (secondary N) is 2. The Labute approximate surface area is 165 Å². The zero-order chi connectivity index (χ0) is 16.9. The van der Waals surface area contributed by atoms with Crippen LogP contribution in [-0.4, -0.2) is 28.5 Å². The number of hydrogen-bond donors (Lipinski definition) is 2. The molecule has 26 heavy (non-hydrogen) atoms. The summed E-state index contributed by atoms with van der Waals surface area (Å²) in [6.07, 6.45) is 5.97. The SMILES string of the molecule is Cl.Cl.Cn1ccnc1C(NC(=O)CCC1CCNC1)c1cccc(F)c1. The van der Waals surface area contributed by atoms with Gasteiger partial charge in [-0.15, -0.1) is 24.8 Å². The lowest BCUT2D eigenvalue weighted by molar-refractivity contribution is -0.121.